The molecule has 6 nitrogen and oxygen atoms in total. The zero-order valence-corrected chi connectivity index (χ0v) is 13.4. The van der Waals surface area contributed by atoms with Gasteiger partial charge in [-0.1, -0.05) is 30.3 Å². The van der Waals surface area contributed by atoms with Crippen LogP contribution >= 0.6 is 0 Å². The standard InChI is InChI=1S/C13H20N2O4S2/c16-20(17,12-13-6-2-1-3-7-13)14-8-11-21(18,19)15-9-4-5-10-15/h1-3,6-7,14H,4-5,8-12H2. The lowest BCUT2D eigenvalue weighted by molar-refractivity contribution is 0.477. The van der Waals surface area contributed by atoms with E-state index in [4.69, 9.17) is 0 Å². The van der Waals surface area contributed by atoms with E-state index >= 15 is 0 Å². The Morgan fingerprint density at radius 3 is 2.24 bits per heavy atom. The van der Waals surface area contributed by atoms with Gasteiger partial charge in [-0.2, -0.15) is 0 Å². The minimum absolute atomic E-state index is 0.0893. The molecule has 0 radical (unpaired) electrons. The topological polar surface area (TPSA) is 83.5 Å². The lowest BCUT2D eigenvalue weighted by Crippen LogP contribution is -2.36. The van der Waals surface area contributed by atoms with E-state index in [1.165, 1.54) is 4.31 Å². The van der Waals surface area contributed by atoms with Gasteiger partial charge >= 0.3 is 0 Å². The summed E-state index contributed by atoms with van der Waals surface area (Å²) in [4.78, 5) is 0. The van der Waals surface area contributed by atoms with Crippen LogP contribution in [0.5, 0.6) is 0 Å². The SMILES string of the molecule is O=S(=O)(Cc1ccccc1)NCCS(=O)(=O)N1CCCC1. The van der Waals surface area contributed by atoms with Crippen LogP contribution in [0.15, 0.2) is 30.3 Å². The molecule has 0 aromatic heterocycles. The Balaban J connectivity index is 1.84. The Morgan fingerprint density at radius 1 is 1.00 bits per heavy atom. The third-order valence-corrected chi connectivity index (χ3v) is 6.57. The second-order valence-corrected chi connectivity index (χ2v) is 8.96. The van der Waals surface area contributed by atoms with Crippen LogP contribution in [0.25, 0.3) is 0 Å². The van der Waals surface area contributed by atoms with Crippen molar-refractivity contribution < 1.29 is 16.8 Å². The fraction of sp³-hybridized carbons (Fsp3) is 0.538. The molecule has 1 aliphatic heterocycles. The molecule has 1 fully saturated rings. The molecule has 1 saturated heterocycles. The highest BCUT2D eigenvalue weighted by Gasteiger charge is 2.25. The predicted octanol–water partition coefficient (Wildman–Crippen LogP) is 0.532. The van der Waals surface area contributed by atoms with E-state index in [0.717, 1.165) is 12.8 Å². The van der Waals surface area contributed by atoms with Crippen molar-refractivity contribution >= 4 is 20.0 Å². The second kappa shape index (κ2) is 6.87. The van der Waals surface area contributed by atoms with Crippen molar-refractivity contribution in [3.8, 4) is 0 Å². The minimum Gasteiger partial charge on any atom is -0.214 e. The number of sulfonamides is 2. The molecule has 0 aliphatic carbocycles. The lowest BCUT2D eigenvalue weighted by atomic mass is 10.2. The summed E-state index contributed by atoms with van der Waals surface area (Å²) in [5, 5.41) is 0. The fourth-order valence-corrected chi connectivity index (χ4v) is 4.97. The Labute approximate surface area is 126 Å². The maximum absolute atomic E-state index is 12.0. The van der Waals surface area contributed by atoms with Gasteiger partial charge in [0.15, 0.2) is 0 Å². The molecule has 0 atom stereocenters. The largest absolute Gasteiger partial charge is 0.215 e. The second-order valence-electron chi connectivity index (χ2n) is 5.06. The van der Waals surface area contributed by atoms with E-state index in [2.05, 4.69) is 4.72 Å². The average Bonchev–Trinajstić information content (AvgIpc) is 2.93. The summed E-state index contributed by atoms with van der Waals surface area (Å²) in [6.45, 7) is 0.992. The summed E-state index contributed by atoms with van der Waals surface area (Å²) >= 11 is 0. The summed E-state index contributed by atoms with van der Waals surface area (Å²) in [6, 6.07) is 8.79. The molecule has 0 saturated carbocycles. The van der Waals surface area contributed by atoms with Gasteiger partial charge in [0, 0.05) is 19.6 Å². The number of nitrogens with one attached hydrogen (secondary N) is 1. The highest BCUT2D eigenvalue weighted by Crippen LogP contribution is 2.12. The fourth-order valence-electron chi connectivity index (χ4n) is 2.27. The van der Waals surface area contributed by atoms with Crippen LogP contribution in [0.2, 0.25) is 0 Å². The Hall–Kier alpha value is -0.960. The molecular formula is C13H20N2O4S2. The van der Waals surface area contributed by atoms with Crippen LogP contribution in [0.3, 0.4) is 0 Å². The van der Waals surface area contributed by atoms with Crippen molar-refractivity contribution in [1.29, 1.82) is 0 Å². The molecule has 0 amide bonds. The van der Waals surface area contributed by atoms with E-state index in [1.54, 1.807) is 24.3 Å². The first kappa shape index (κ1) is 16.4. The molecular weight excluding hydrogens is 312 g/mol. The molecule has 8 heteroatoms. The van der Waals surface area contributed by atoms with E-state index in [-0.39, 0.29) is 18.1 Å². The van der Waals surface area contributed by atoms with Crippen LogP contribution in [0.1, 0.15) is 18.4 Å². The zero-order valence-electron chi connectivity index (χ0n) is 11.7. The molecule has 0 unspecified atom stereocenters. The number of nitrogens with zero attached hydrogens (tertiary/aromatic N) is 1. The van der Waals surface area contributed by atoms with Gasteiger partial charge in [-0.05, 0) is 18.4 Å². The van der Waals surface area contributed by atoms with Crippen molar-refractivity contribution in [2.24, 2.45) is 0 Å². The van der Waals surface area contributed by atoms with Crippen LogP contribution in [-0.4, -0.2) is 46.5 Å². The van der Waals surface area contributed by atoms with Crippen LogP contribution < -0.4 is 4.72 Å². The van der Waals surface area contributed by atoms with Crippen LogP contribution in [-0.2, 0) is 25.8 Å². The summed E-state index contributed by atoms with van der Waals surface area (Å²) < 4.78 is 51.5. The van der Waals surface area contributed by atoms with Crippen molar-refractivity contribution in [3.05, 3.63) is 35.9 Å². The number of benzene rings is 1. The summed E-state index contributed by atoms with van der Waals surface area (Å²) in [6.07, 6.45) is 1.75. The van der Waals surface area contributed by atoms with E-state index < -0.39 is 20.0 Å². The Morgan fingerprint density at radius 2 is 1.62 bits per heavy atom. The van der Waals surface area contributed by atoms with Crippen molar-refractivity contribution in [3.63, 3.8) is 0 Å². The quantitative estimate of drug-likeness (QED) is 0.789. The molecule has 1 heterocycles. The molecule has 2 rings (SSSR count). The first-order valence-corrected chi connectivity index (χ1v) is 10.1. The summed E-state index contributed by atoms with van der Waals surface area (Å²) in [5.74, 6) is -0.335. The predicted molar refractivity (Wildman–Crippen MR) is 81.7 cm³/mol. The van der Waals surface area contributed by atoms with E-state index in [0.29, 0.717) is 18.7 Å². The van der Waals surface area contributed by atoms with Crippen molar-refractivity contribution in [1.82, 2.24) is 9.03 Å². The van der Waals surface area contributed by atoms with Crippen molar-refractivity contribution in [2.45, 2.75) is 18.6 Å². The van der Waals surface area contributed by atoms with Gasteiger partial charge in [-0.3, -0.25) is 0 Å². The van der Waals surface area contributed by atoms with Gasteiger partial charge in [0.05, 0.1) is 11.5 Å². The number of hydrogen-bond acceptors (Lipinski definition) is 4. The van der Waals surface area contributed by atoms with Crippen molar-refractivity contribution in [2.75, 3.05) is 25.4 Å². The molecule has 0 bridgehead atoms. The van der Waals surface area contributed by atoms with Gasteiger partial charge < -0.3 is 0 Å². The maximum atomic E-state index is 12.0. The first-order chi connectivity index (χ1) is 9.89. The lowest BCUT2D eigenvalue weighted by Gasteiger charge is -2.15. The van der Waals surface area contributed by atoms with Gasteiger partial charge in [-0.25, -0.2) is 25.9 Å². The molecule has 1 N–H and O–H groups in total. The normalized spacial score (nSPS) is 17.1. The van der Waals surface area contributed by atoms with Gasteiger partial charge in [0.2, 0.25) is 20.0 Å². The molecule has 0 spiro atoms. The van der Waals surface area contributed by atoms with Crippen LogP contribution in [0, 0.1) is 0 Å². The maximum Gasteiger partial charge on any atom is 0.215 e. The van der Waals surface area contributed by atoms with Gasteiger partial charge in [-0.15, -0.1) is 0 Å². The summed E-state index contributed by atoms with van der Waals surface area (Å²) in [7, 11) is -6.86. The Bertz CT molecular complexity index is 651. The van der Waals surface area contributed by atoms with Gasteiger partial charge in [0.25, 0.3) is 0 Å². The van der Waals surface area contributed by atoms with Gasteiger partial charge in [0.1, 0.15) is 0 Å². The van der Waals surface area contributed by atoms with Crippen LogP contribution in [0.4, 0.5) is 0 Å². The smallest absolute Gasteiger partial charge is 0.214 e. The van der Waals surface area contributed by atoms with E-state index in [1.807, 2.05) is 6.07 Å². The van der Waals surface area contributed by atoms with E-state index in [9.17, 15) is 16.8 Å². The molecule has 1 aromatic carbocycles. The number of hydrogen-bond donors (Lipinski definition) is 1. The molecule has 118 valence electrons. The molecule has 1 aromatic rings. The summed E-state index contributed by atoms with van der Waals surface area (Å²) in [5.41, 5.74) is 0.674. The average molecular weight is 332 g/mol. The highest BCUT2D eigenvalue weighted by molar-refractivity contribution is 7.89. The monoisotopic (exact) mass is 332 g/mol. The third-order valence-electron chi connectivity index (χ3n) is 3.34. The third kappa shape index (κ3) is 5.06. The highest BCUT2D eigenvalue weighted by atomic mass is 32.2. The molecule has 21 heavy (non-hydrogen) atoms. The zero-order chi connectivity index (χ0) is 15.3. The minimum atomic E-state index is -3.51. The first-order valence-electron chi connectivity index (χ1n) is 6.88. The Kier molecular flexibility index (Phi) is 5.37. The number of rotatable bonds is 7. The molecule has 1 aliphatic rings.